The van der Waals surface area contributed by atoms with Crippen LogP contribution >= 0.6 is 11.6 Å². The fourth-order valence-corrected chi connectivity index (χ4v) is 2.09. The number of hydrogen-bond donors (Lipinski definition) is 0. The summed E-state index contributed by atoms with van der Waals surface area (Å²) in [6, 6.07) is 8.82. The van der Waals surface area contributed by atoms with Crippen molar-refractivity contribution in [3.05, 3.63) is 60.3 Å². The Labute approximate surface area is 132 Å². The molecule has 6 heteroatoms. The lowest BCUT2D eigenvalue weighted by atomic mass is 10.1. The predicted octanol–water partition coefficient (Wildman–Crippen LogP) is 3.99. The third-order valence-electron chi connectivity index (χ3n) is 3.00. The number of halogens is 1. The molecule has 0 saturated carbocycles. The maximum absolute atomic E-state index is 5.88. The summed E-state index contributed by atoms with van der Waals surface area (Å²) in [6.45, 7) is 0. The molecule has 0 amide bonds. The highest BCUT2D eigenvalue weighted by Gasteiger charge is 2.13. The van der Waals surface area contributed by atoms with Crippen molar-refractivity contribution in [2.75, 3.05) is 7.11 Å². The van der Waals surface area contributed by atoms with Crippen molar-refractivity contribution < 1.29 is 9.47 Å². The van der Waals surface area contributed by atoms with Gasteiger partial charge in [-0.05, 0) is 30.3 Å². The van der Waals surface area contributed by atoms with Gasteiger partial charge in [-0.1, -0.05) is 11.6 Å². The topological polar surface area (TPSA) is 57.1 Å². The van der Waals surface area contributed by atoms with Gasteiger partial charge in [-0.25, -0.2) is 9.97 Å². The molecule has 0 N–H and O–H groups in total. The zero-order valence-electron chi connectivity index (χ0n) is 11.7. The number of nitrogens with zero attached hydrogens (tertiary/aromatic N) is 3. The SMILES string of the molecule is COc1ccncc1-c1cncnc1Oc1ccc(Cl)cc1. The van der Waals surface area contributed by atoms with Gasteiger partial charge in [0.2, 0.25) is 5.88 Å². The van der Waals surface area contributed by atoms with Gasteiger partial charge in [0.05, 0.1) is 12.7 Å². The van der Waals surface area contributed by atoms with Crippen LogP contribution in [-0.2, 0) is 0 Å². The zero-order valence-corrected chi connectivity index (χ0v) is 12.5. The van der Waals surface area contributed by atoms with E-state index in [0.717, 1.165) is 5.56 Å². The minimum Gasteiger partial charge on any atom is -0.496 e. The van der Waals surface area contributed by atoms with Gasteiger partial charge in [-0.3, -0.25) is 4.98 Å². The Morgan fingerprint density at radius 2 is 1.73 bits per heavy atom. The van der Waals surface area contributed by atoms with Crippen LogP contribution in [-0.4, -0.2) is 22.1 Å². The summed E-state index contributed by atoms with van der Waals surface area (Å²) in [4.78, 5) is 12.4. The Balaban J connectivity index is 2.01. The first-order valence-electron chi connectivity index (χ1n) is 6.49. The number of rotatable bonds is 4. The molecule has 3 rings (SSSR count). The summed E-state index contributed by atoms with van der Waals surface area (Å²) < 4.78 is 11.2. The Hall–Kier alpha value is -2.66. The van der Waals surface area contributed by atoms with E-state index in [-0.39, 0.29) is 0 Å². The molecular weight excluding hydrogens is 302 g/mol. The molecule has 0 radical (unpaired) electrons. The smallest absolute Gasteiger partial charge is 0.230 e. The Kier molecular flexibility index (Phi) is 4.16. The van der Waals surface area contributed by atoms with Gasteiger partial charge in [0.15, 0.2) is 0 Å². The Morgan fingerprint density at radius 1 is 0.955 bits per heavy atom. The van der Waals surface area contributed by atoms with E-state index in [2.05, 4.69) is 15.0 Å². The predicted molar refractivity (Wildman–Crippen MR) is 83.3 cm³/mol. The van der Waals surface area contributed by atoms with Crippen molar-refractivity contribution in [1.29, 1.82) is 0 Å². The van der Waals surface area contributed by atoms with Crippen LogP contribution in [0.1, 0.15) is 0 Å². The second-order valence-electron chi connectivity index (χ2n) is 4.37. The molecule has 5 nitrogen and oxygen atoms in total. The number of hydrogen-bond acceptors (Lipinski definition) is 5. The third-order valence-corrected chi connectivity index (χ3v) is 3.25. The third kappa shape index (κ3) is 2.99. The largest absolute Gasteiger partial charge is 0.496 e. The molecule has 0 atom stereocenters. The highest BCUT2D eigenvalue weighted by atomic mass is 35.5. The fourth-order valence-electron chi connectivity index (χ4n) is 1.96. The van der Waals surface area contributed by atoms with Crippen molar-refractivity contribution in [1.82, 2.24) is 15.0 Å². The van der Waals surface area contributed by atoms with Crippen molar-refractivity contribution in [3.8, 4) is 28.5 Å². The minimum absolute atomic E-state index is 0.420. The average Bonchev–Trinajstić information content (AvgIpc) is 2.57. The first kappa shape index (κ1) is 14.3. The van der Waals surface area contributed by atoms with Gasteiger partial charge < -0.3 is 9.47 Å². The van der Waals surface area contributed by atoms with E-state index in [0.29, 0.717) is 28.0 Å². The summed E-state index contributed by atoms with van der Waals surface area (Å²) in [5.74, 6) is 1.72. The highest BCUT2D eigenvalue weighted by Crippen LogP contribution is 2.35. The zero-order chi connectivity index (χ0) is 15.4. The van der Waals surface area contributed by atoms with Crippen molar-refractivity contribution in [3.63, 3.8) is 0 Å². The van der Waals surface area contributed by atoms with Gasteiger partial charge in [-0.15, -0.1) is 0 Å². The summed E-state index contributed by atoms with van der Waals surface area (Å²) in [7, 11) is 1.60. The van der Waals surface area contributed by atoms with E-state index >= 15 is 0 Å². The van der Waals surface area contributed by atoms with Crippen molar-refractivity contribution in [2.24, 2.45) is 0 Å². The molecule has 0 saturated heterocycles. The number of ether oxygens (including phenoxy) is 2. The monoisotopic (exact) mass is 313 g/mol. The molecule has 0 unspecified atom stereocenters. The number of benzene rings is 1. The molecule has 110 valence electrons. The van der Waals surface area contributed by atoms with Crippen LogP contribution in [0.3, 0.4) is 0 Å². The molecular formula is C16H12ClN3O2. The van der Waals surface area contributed by atoms with Crippen LogP contribution in [0.25, 0.3) is 11.1 Å². The number of pyridine rings is 1. The van der Waals surface area contributed by atoms with Crippen LogP contribution in [0.15, 0.2) is 55.2 Å². The normalized spacial score (nSPS) is 10.3. The van der Waals surface area contributed by atoms with E-state index in [9.17, 15) is 0 Å². The quantitative estimate of drug-likeness (QED) is 0.729. The maximum atomic E-state index is 5.88. The average molecular weight is 314 g/mol. The van der Waals surface area contributed by atoms with Crippen LogP contribution in [0.5, 0.6) is 17.4 Å². The van der Waals surface area contributed by atoms with E-state index in [1.807, 2.05) is 0 Å². The van der Waals surface area contributed by atoms with E-state index in [1.165, 1.54) is 6.33 Å². The van der Waals surface area contributed by atoms with Crippen molar-refractivity contribution in [2.45, 2.75) is 0 Å². The number of methoxy groups -OCH3 is 1. The second kappa shape index (κ2) is 6.41. The Bertz CT molecular complexity index is 778. The summed E-state index contributed by atoms with van der Waals surface area (Å²) in [5, 5.41) is 0.643. The van der Waals surface area contributed by atoms with Gasteiger partial charge in [0.25, 0.3) is 0 Å². The molecule has 0 fully saturated rings. The fraction of sp³-hybridized carbons (Fsp3) is 0.0625. The molecule has 0 aliphatic carbocycles. The lowest BCUT2D eigenvalue weighted by molar-refractivity contribution is 0.415. The molecule has 0 bridgehead atoms. The van der Waals surface area contributed by atoms with E-state index < -0.39 is 0 Å². The molecule has 2 aromatic heterocycles. The molecule has 1 aromatic carbocycles. The van der Waals surface area contributed by atoms with E-state index in [4.69, 9.17) is 21.1 Å². The van der Waals surface area contributed by atoms with Crippen LogP contribution in [0.4, 0.5) is 0 Å². The first-order chi connectivity index (χ1) is 10.8. The standard InChI is InChI=1S/C16H12ClN3O2/c1-21-15-6-7-18-8-13(15)14-9-19-10-20-16(14)22-12-4-2-11(17)3-5-12/h2-10H,1H3. The van der Waals surface area contributed by atoms with Crippen LogP contribution in [0, 0.1) is 0 Å². The summed E-state index contributed by atoms with van der Waals surface area (Å²) >= 11 is 5.88. The van der Waals surface area contributed by atoms with Crippen LogP contribution in [0.2, 0.25) is 5.02 Å². The molecule has 2 heterocycles. The van der Waals surface area contributed by atoms with Gasteiger partial charge >= 0.3 is 0 Å². The highest BCUT2D eigenvalue weighted by molar-refractivity contribution is 6.30. The maximum Gasteiger partial charge on any atom is 0.230 e. The molecule has 3 aromatic rings. The first-order valence-corrected chi connectivity index (χ1v) is 6.87. The lowest BCUT2D eigenvalue weighted by Gasteiger charge is -2.11. The molecule has 0 aliphatic rings. The molecule has 0 spiro atoms. The lowest BCUT2D eigenvalue weighted by Crippen LogP contribution is -1.95. The van der Waals surface area contributed by atoms with E-state index in [1.54, 1.807) is 56.0 Å². The van der Waals surface area contributed by atoms with Crippen LogP contribution < -0.4 is 9.47 Å². The molecule has 0 aliphatic heterocycles. The van der Waals surface area contributed by atoms with Crippen molar-refractivity contribution >= 4 is 11.6 Å². The Morgan fingerprint density at radius 3 is 2.50 bits per heavy atom. The minimum atomic E-state index is 0.420. The molecule has 22 heavy (non-hydrogen) atoms. The van der Waals surface area contributed by atoms with Gasteiger partial charge in [0.1, 0.15) is 17.8 Å². The van der Waals surface area contributed by atoms with Gasteiger partial charge in [-0.2, -0.15) is 0 Å². The van der Waals surface area contributed by atoms with Gasteiger partial charge in [0, 0.05) is 29.2 Å². The summed E-state index contributed by atoms with van der Waals surface area (Å²) in [6.07, 6.45) is 6.44. The summed E-state index contributed by atoms with van der Waals surface area (Å²) in [5.41, 5.74) is 1.46. The second-order valence-corrected chi connectivity index (χ2v) is 4.81. The number of aromatic nitrogens is 3.